The summed E-state index contributed by atoms with van der Waals surface area (Å²) in [6.07, 6.45) is 2.74. The Hall–Kier alpha value is -0.760. The third-order valence-corrected chi connectivity index (χ3v) is 2.32. The van der Waals surface area contributed by atoms with Crippen LogP contribution < -0.4 is 4.74 Å². The van der Waals surface area contributed by atoms with Crippen LogP contribution in [0.4, 0.5) is 0 Å². The number of halogens is 1. The smallest absolute Gasteiger partial charge is 0.119 e. The molecule has 0 N–H and O–H groups in total. The summed E-state index contributed by atoms with van der Waals surface area (Å²) in [6, 6.07) is 8.08. The summed E-state index contributed by atoms with van der Waals surface area (Å²) in [5.74, 6) is 0.923. The van der Waals surface area contributed by atoms with Crippen molar-refractivity contribution in [1.82, 2.24) is 0 Å². The zero-order chi connectivity index (χ0) is 9.52. The van der Waals surface area contributed by atoms with Crippen LogP contribution in [-0.2, 0) is 5.33 Å². The summed E-state index contributed by atoms with van der Waals surface area (Å²) >= 11 is 3.39. The first-order chi connectivity index (χ1) is 6.36. The van der Waals surface area contributed by atoms with E-state index in [1.54, 1.807) is 0 Å². The summed E-state index contributed by atoms with van der Waals surface area (Å²) in [5.41, 5.74) is 1.26. The van der Waals surface area contributed by atoms with E-state index in [0.29, 0.717) is 6.61 Å². The molecule has 0 bridgehead atoms. The lowest BCUT2D eigenvalue weighted by Crippen LogP contribution is -1.95. The molecule has 0 amide bonds. The number of alkyl halides is 1. The van der Waals surface area contributed by atoms with Gasteiger partial charge in [-0.1, -0.05) is 34.1 Å². The number of ether oxygens (including phenoxy) is 1. The number of rotatable bonds is 5. The molecule has 0 fully saturated rings. The van der Waals surface area contributed by atoms with Crippen molar-refractivity contribution in [2.45, 2.75) is 11.8 Å². The predicted octanol–water partition coefficient (Wildman–Crippen LogP) is 3.54. The van der Waals surface area contributed by atoms with Gasteiger partial charge in [-0.15, -0.1) is 6.58 Å². The van der Waals surface area contributed by atoms with Gasteiger partial charge >= 0.3 is 0 Å². The summed E-state index contributed by atoms with van der Waals surface area (Å²) < 4.78 is 5.46. The van der Waals surface area contributed by atoms with E-state index in [9.17, 15) is 0 Å². The van der Waals surface area contributed by atoms with Crippen LogP contribution in [0.2, 0.25) is 0 Å². The number of hydrogen-bond donors (Lipinski definition) is 0. The first-order valence-corrected chi connectivity index (χ1v) is 5.37. The van der Waals surface area contributed by atoms with Gasteiger partial charge in [0.25, 0.3) is 0 Å². The summed E-state index contributed by atoms with van der Waals surface area (Å²) in [4.78, 5) is 0. The molecular formula is C11H13BrO. The van der Waals surface area contributed by atoms with Crippen molar-refractivity contribution >= 4 is 15.9 Å². The second kappa shape index (κ2) is 5.81. The van der Waals surface area contributed by atoms with Crippen molar-refractivity contribution in [3.05, 3.63) is 42.5 Å². The molecule has 0 aliphatic heterocycles. The van der Waals surface area contributed by atoms with Gasteiger partial charge in [0.2, 0.25) is 0 Å². The molecule has 1 aromatic rings. The molecule has 0 aliphatic rings. The second-order valence-electron chi connectivity index (χ2n) is 2.70. The average molecular weight is 241 g/mol. The molecule has 0 atom stereocenters. The lowest BCUT2D eigenvalue weighted by molar-refractivity contribution is 0.325. The Labute approximate surface area is 87.5 Å². The largest absolute Gasteiger partial charge is 0.493 e. The fourth-order valence-electron chi connectivity index (χ4n) is 0.935. The van der Waals surface area contributed by atoms with Crippen LogP contribution in [0.3, 0.4) is 0 Å². The van der Waals surface area contributed by atoms with Crippen molar-refractivity contribution in [3.8, 4) is 5.75 Å². The maximum atomic E-state index is 5.46. The zero-order valence-electron chi connectivity index (χ0n) is 7.50. The molecule has 0 heterocycles. The molecule has 0 saturated carbocycles. The highest BCUT2D eigenvalue weighted by Gasteiger charge is 1.92. The maximum absolute atomic E-state index is 5.46. The van der Waals surface area contributed by atoms with Crippen LogP contribution in [0.25, 0.3) is 0 Å². The molecule has 1 aromatic carbocycles. The highest BCUT2D eigenvalue weighted by atomic mass is 79.9. The molecule has 0 unspecified atom stereocenters. The Morgan fingerprint density at radius 2 is 2.00 bits per heavy atom. The van der Waals surface area contributed by atoms with Gasteiger partial charge in [0.15, 0.2) is 0 Å². The molecule has 0 radical (unpaired) electrons. The van der Waals surface area contributed by atoms with Crippen LogP contribution in [0.1, 0.15) is 12.0 Å². The van der Waals surface area contributed by atoms with Crippen molar-refractivity contribution in [2.24, 2.45) is 0 Å². The minimum atomic E-state index is 0.706. The maximum Gasteiger partial charge on any atom is 0.119 e. The topological polar surface area (TPSA) is 9.23 Å². The van der Waals surface area contributed by atoms with E-state index < -0.39 is 0 Å². The monoisotopic (exact) mass is 240 g/mol. The minimum Gasteiger partial charge on any atom is -0.493 e. The highest BCUT2D eigenvalue weighted by Crippen LogP contribution is 2.14. The van der Waals surface area contributed by atoms with Gasteiger partial charge in [-0.05, 0) is 24.1 Å². The van der Waals surface area contributed by atoms with Gasteiger partial charge in [-0.3, -0.25) is 0 Å². The van der Waals surface area contributed by atoms with Crippen LogP contribution in [0.5, 0.6) is 5.75 Å². The molecule has 0 saturated heterocycles. The Balaban J connectivity index is 2.44. The van der Waals surface area contributed by atoms with E-state index in [-0.39, 0.29) is 0 Å². The molecule has 13 heavy (non-hydrogen) atoms. The molecular weight excluding hydrogens is 228 g/mol. The van der Waals surface area contributed by atoms with Gasteiger partial charge in [0.05, 0.1) is 6.61 Å². The second-order valence-corrected chi connectivity index (χ2v) is 3.26. The normalized spacial score (nSPS) is 9.62. The molecule has 70 valence electrons. The molecule has 2 heteroatoms. The van der Waals surface area contributed by atoms with Gasteiger partial charge in [0, 0.05) is 5.33 Å². The summed E-state index contributed by atoms with van der Waals surface area (Å²) in [7, 11) is 0. The van der Waals surface area contributed by atoms with Crippen LogP contribution in [0.15, 0.2) is 36.9 Å². The SMILES string of the molecule is C=CCCOc1ccc(CBr)cc1. The van der Waals surface area contributed by atoms with Crippen LogP contribution >= 0.6 is 15.9 Å². The Morgan fingerprint density at radius 1 is 1.31 bits per heavy atom. The van der Waals surface area contributed by atoms with Gasteiger partial charge < -0.3 is 4.74 Å². The third-order valence-electron chi connectivity index (χ3n) is 1.67. The Morgan fingerprint density at radius 3 is 2.54 bits per heavy atom. The molecule has 1 nitrogen and oxygen atoms in total. The fraction of sp³-hybridized carbons (Fsp3) is 0.273. The van der Waals surface area contributed by atoms with E-state index in [1.807, 2.05) is 18.2 Å². The van der Waals surface area contributed by atoms with E-state index in [2.05, 4.69) is 34.6 Å². The zero-order valence-corrected chi connectivity index (χ0v) is 9.09. The minimum absolute atomic E-state index is 0.706. The van der Waals surface area contributed by atoms with E-state index >= 15 is 0 Å². The third kappa shape index (κ3) is 3.64. The van der Waals surface area contributed by atoms with E-state index in [0.717, 1.165) is 17.5 Å². The van der Waals surface area contributed by atoms with Crippen molar-refractivity contribution in [3.63, 3.8) is 0 Å². The highest BCUT2D eigenvalue weighted by molar-refractivity contribution is 9.08. The first-order valence-electron chi connectivity index (χ1n) is 4.25. The first kappa shape index (κ1) is 10.3. The predicted molar refractivity (Wildman–Crippen MR) is 59.4 cm³/mol. The molecule has 0 spiro atoms. The van der Waals surface area contributed by atoms with Crippen LogP contribution in [0, 0.1) is 0 Å². The van der Waals surface area contributed by atoms with E-state index in [1.165, 1.54) is 5.56 Å². The van der Waals surface area contributed by atoms with Crippen LogP contribution in [-0.4, -0.2) is 6.61 Å². The number of benzene rings is 1. The van der Waals surface area contributed by atoms with Gasteiger partial charge in [-0.2, -0.15) is 0 Å². The number of hydrogen-bond acceptors (Lipinski definition) is 1. The Kier molecular flexibility index (Phi) is 4.61. The lowest BCUT2D eigenvalue weighted by Gasteiger charge is -2.04. The molecule has 0 aliphatic carbocycles. The fourth-order valence-corrected chi connectivity index (χ4v) is 1.31. The average Bonchev–Trinajstić information content (AvgIpc) is 2.19. The molecule has 0 aromatic heterocycles. The summed E-state index contributed by atoms with van der Waals surface area (Å²) in [6.45, 7) is 4.34. The van der Waals surface area contributed by atoms with Crippen molar-refractivity contribution in [2.75, 3.05) is 6.61 Å². The van der Waals surface area contributed by atoms with E-state index in [4.69, 9.17) is 4.74 Å². The van der Waals surface area contributed by atoms with Crippen molar-refractivity contribution < 1.29 is 4.74 Å². The van der Waals surface area contributed by atoms with Gasteiger partial charge in [-0.25, -0.2) is 0 Å². The molecule has 1 rings (SSSR count). The quantitative estimate of drug-likeness (QED) is 0.435. The lowest BCUT2D eigenvalue weighted by atomic mass is 10.2. The standard InChI is InChI=1S/C11H13BrO/c1-2-3-8-13-11-6-4-10(9-12)5-7-11/h2,4-7H,1,3,8-9H2. The summed E-state index contributed by atoms with van der Waals surface area (Å²) in [5, 5.41) is 0.889. The Bertz CT molecular complexity index is 253. The van der Waals surface area contributed by atoms with Gasteiger partial charge in [0.1, 0.15) is 5.75 Å². The van der Waals surface area contributed by atoms with Crippen molar-refractivity contribution in [1.29, 1.82) is 0 Å².